The van der Waals surface area contributed by atoms with Crippen LogP contribution in [0.3, 0.4) is 0 Å². The molecule has 0 atom stereocenters. The van der Waals surface area contributed by atoms with E-state index < -0.39 is 0 Å². The zero-order chi connectivity index (χ0) is 17.5. The van der Waals surface area contributed by atoms with E-state index in [-0.39, 0.29) is 0 Å². The van der Waals surface area contributed by atoms with Gasteiger partial charge in [0.25, 0.3) is 0 Å². The number of nitrogens with zero attached hydrogens (tertiary/aromatic N) is 3. The van der Waals surface area contributed by atoms with Crippen LogP contribution in [0.5, 0.6) is 5.75 Å². The van der Waals surface area contributed by atoms with Crippen molar-refractivity contribution < 1.29 is 4.74 Å². The minimum absolute atomic E-state index is 0.559. The Balaban J connectivity index is 1.60. The Bertz CT molecular complexity index is 806. The largest absolute Gasteiger partial charge is 0.497 e. The molecule has 0 spiro atoms. The second-order valence-electron chi connectivity index (χ2n) is 5.61. The first-order valence-corrected chi connectivity index (χ1v) is 8.12. The van der Waals surface area contributed by atoms with E-state index in [0.29, 0.717) is 5.95 Å². The van der Waals surface area contributed by atoms with Crippen molar-refractivity contribution in [2.45, 2.75) is 13.3 Å². The molecule has 0 fully saturated rings. The zero-order valence-electron chi connectivity index (χ0n) is 14.4. The van der Waals surface area contributed by atoms with Crippen molar-refractivity contribution in [1.29, 1.82) is 0 Å². The van der Waals surface area contributed by atoms with Crippen LogP contribution in [0.15, 0.2) is 55.0 Å². The fourth-order valence-corrected chi connectivity index (χ4v) is 2.36. The number of methoxy groups -OCH3 is 1. The first-order valence-electron chi connectivity index (χ1n) is 8.12. The van der Waals surface area contributed by atoms with Gasteiger partial charge in [0.15, 0.2) is 0 Å². The maximum absolute atomic E-state index is 5.18. The Kier molecular flexibility index (Phi) is 5.41. The number of aromatic nitrogens is 3. The van der Waals surface area contributed by atoms with Crippen LogP contribution in [0.1, 0.15) is 11.1 Å². The van der Waals surface area contributed by atoms with Gasteiger partial charge in [0, 0.05) is 36.4 Å². The normalized spacial score (nSPS) is 10.3. The van der Waals surface area contributed by atoms with Gasteiger partial charge >= 0.3 is 0 Å². The van der Waals surface area contributed by atoms with E-state index in [4.69, 9.17) is 4.74 Å². The van der Waals surface area contributed by atoms with Crippen molar-refractivity contribution in [2.75, 3.05) is 24.3 Å². The summed E-state index contributed by atoms with van der Waals surface area (Å²) >= 11 is 0. The van der Waals surface area contributed by atoms with Crippen LogP contribution in [-0.2, 0) is 6.42 Å². The van der Waals surface area contributed by atoms with E-state index in [0.717, 1.165) is 35.8 Å². The number of nitrogens with one attached hydrogen (secondary N) is 2. The van der Waals surface area contributed by atoms with Crippen LogP contribution in [0.2, 0.25) is 0 Å². The summed E-state index contributed by atoms with van der Waals surface area (Å²) in [5, 5.41) is 6.56. The van der Waals surface area contributed by atoms with Crippen LogP contribution >= 0.6 is 0 Å². The van der Waals surface area contributed by atoms with Gasteiger partial charge in [-0.05, 0) is 43.2 Å². The molecule has 0 aliphatic rings. The molecule has 0 saturated heterocycles. The third-order valence-electron chi connectivity index (χ3n) is 3.77. The molecule has 2 N–H and O–H groups in total. The molecule has 0 saturated carbocycles. The molecular weight excluding hydrogens is 314 g/mol. The number of aryl methyl sites for hydroxylation is 1. The van der Waals surface area contributed by atoms with E-state index in [2.05, 4.69) is 37.7 Å². The van der Waals surface area contributed by atoms with Gasteiger partial charge in [-0.1, -0.05) is 12.1 Å². The fourth-order valence-electron chi connectivity index (χ4n) is 2.36. The van der Waals surface area contributed by atoms with Crippen LogP contribution < -0.4 is 15.4 Å². The Morgan fingerprint density at radius 3 is 2.52 bits per heavy atom. The van der Waals surface area contributed by atoms with E-state index >= 15 is 0 Å². The Hall–Kier alpha value is -3.15. The number of rotatable bonds is 7. The molecule has 0 amide bonds. The molecule has 6 heteroatoms. The monoisotopic (exact) mass is 335 g/mol. The summed E-state index contributed by atoms with van der Waals surface area (Å²) in [7, 11) is 1.67. The highest BCUT2D eigenvalue weighted by atomic mass is 16.5. The average molecular weight is 335 g/mol. The second-order valence-corrected chi connectivity index (χ2v) is 5.61. The number of anilines is 3. The molecule has 2 heterocycles. The summed E-state index contributed by atoms with van der Waals surface area (Å²) in [5.74, 6) is 2.26. The van der Waals surface area contributed by atoms with Gasteiger partial charge in [0.2, 0.25) is 5.95 Å². The third-order valence-corrected chi connectivity index (χ3v) is 3.77. The van der Waals surface area contributed by atoms with E-state index in [1.165, 1.54) is 5.56 Å². The van der Waals surface area contributed by atoms with Crippen molar-refractivity contribution in [3.05, 3.63) is 66.1 Å². The number of pyridine rings is 1. The molecule has 0 aliphatic heterocycles. The summed E-state index contributed by atoms with van der Waals surface area (Å²) in [4.78, 5) is 12.9. The second kappa shape index (κ2) is 8.10. The maximum Gasteiger partial charge on any atom is 0.229 e. The van der Waals surface area contributed by atoms with E-state index in [1.807, 2.05) is 37.4 Å². The van der Waals surface area contributed by atoms with Gasteiger partial charge in [0.1, 0.15) is 11.6 Å². The van der Waals surface area contributed by atoms with E-state index in [9.17, 15) is 0 Å². The Morgan fingerprint density at radius 1 is 1.04 bits per heavy atom. The maximum atomic E-state index is 5.18. The molecule has 3 aromatic rings. The standard InChI is InChI=1S/C19H21N5O/c1-14-13-22-19(23-16-8-10-20-11-9-16)24-18(14)21-12-7-15-3-5-17(25-2)6-4-15/h3-6,8-11,13H,7,12H2,1-2H3,(H2,20,21,22,23,24). The lowest BCUT2D eigenvalue weighted by Crippen LogP contribution is -2.09. The quantitative estimate of drug-likeness (QED) is 0.687. The van der Waals surface area contributed by atoms with Gasteiger partial charge in [-0.3, -0.25) is 4.98 Å². The summed E-state index contributed by atoms with van der Waals surface area (Å²) in [6.45, 7) is 2.78. The molecule has 0 unspecified atom stereocenters. The summed E-state index contributed by atoms with van der Waals surface area (Å²) in [6, 6.07) is 11.8. The highest BCUT2D eigenvalue weighted by Crippen LogP contribution is 2.17. The van der Waals surface area contributed by atoms with Gasteiger partial charge in [-0.2, -0.15) is 4.98 Å². The van der Waals surface area contributed by atoms with Crippen molar-refractivity contribution in [2.24, 2.45) is 0 Å². The molecule has 0 aliphatic carbocycles. The SMILES string of the molecule is COc1ccc(CCNc2nc(Nc3ccncc3)ncc2C)cc1. The molecule has 1 aromatic carbocycles. The summed E-state index contributed by atoms with van der Waals surface area (Å²) < 4.78 is 5.18. The Labute approximate surface area is 147 Å². The van der Waals surface area contributed by atoms with Crippen LogP contribution in [-0.4, -0.2) is 28.6 Å². The first kappa shape index (κ1) is 16.7. The molecular formula is C19H21N5O. The summed E-state index contributed by atoms with van der Waals surface area (Å²) in [6.07, 6.45) is 6.17. The minimum atomic E-state index is 0.559. The van der Waals surface area contributed by atoms with Crippen LogP contribution in [0.25, 0.3) is 0 Å². The minimum Gasteiger partial charge on any atom is -0.497 e. The van der Waals surface area contributed by atoms with Crippen LogP contribution in [0.4, 0.5) is 17.5 Å². The molecule has 2 aromatic heterocycles. The third kappa shape index (κ3) is 4.67. The van der Waals surface area contributed by atoms with Crippen LogP contribution in [0, 0.1) is 6.92 Å². The topological polar surface area (TPSA) is 72.0 Å². The van der Waals surface area contributed by atoms with Crippen molar-refractivity contribution in [3.63, 3.8) is 0 Å². The van der Waals surface area contributed by atoms with E-state index in [1.54, 1.807) is 19.5 Å². The molecule has 0 bridgehead atoms. The molecule has 3 rings (SSSR count). The lowest BCUT2D eigenvalue weighted by atomic mass is 10.1. The predicted octanol–water partition coefficient (Wildman–Crippen LogP) is 3.59. The average Bonchev–Trinajstić information content (AvgIpc) is 2.66. The lowest BCUT2D eigenvalue weighted by Gasteiger charge is -2.11. The van der Waals surface area contributed by atoms with Gasteiger partial charge in [0.05, 0.1) is 7.11 Å². The highest BCUT2D eigenvalue weighted by molar-refractivity contribution is 5.55. The molecule has 25 heavy (non-hydrogen) atoms. The first-order chi connectivity index (χ1) is 12.2. The van der Waals surface area contributed by atoms with Gasteiger partial charge in [-0.25, -0.2) is 4.98 Å². The highest BCUT2D eigenvalue weighted by Gasteiger charge is 2.04. The van der Waals surface area contributed by atoms with Crippen molar-refractivity contribution >= 4 is 17.5 Å². The summed E-state index contributed by atoms with van der Waals surface area (Å²) in [5.41, 5.74) is 3.16. The molecule has 128 valence electrons. The van der Waals surface area contributed by atoms with Crippen molar-refractivity contribution in [1.82, 2.24) is 15.0 Å². The fraction of sp³-hybridized carbons (Fsp3) is 0.211. The Morgan fingerprint density at radius 2 is 1.80 bits per heavy atom. The smallest absolute Gasteiger partial charge is 0.229 e. The van der Waals surface area contributed by atoms with Gasteiger partial charge < -0.3 is 15.4 Å². The van der Waals surface area contributed by atoms with Gasteiger partial charge in [-0.15, -0.1) is 0 Å². The molecule has 6 nitrogen and oxygen atoms in total. The predicted molar refractivity (Wildman–Crippen MR) is 99.5 cm³/mol. The lowest BCUT2D eigenvalue weighted by molar-refractivity contribution is 0.414. The number of hydrogen-bond donors (Lipinski definition) is 2. The number of ether oxygens (including phenoxy) is 1. The molecule has 0 radical (unpaired) electrons. The number of benzene rings is 1. The zero-order valence-corrected chi connectivity index (χ0v) is 14.4. The van der Waals surface area contributed by atoms with Crippen molar-refractivity contribution in [3.8, 4) is 5.75 Å². The number of hydrogen-bond acceptors (Lipinski definition) is 6.